The Morgan fingerprint density at radius 2 is 1.85 bits per heavy atom. The SMILES string of the molecule is COC(=O)c1cc(C)c(C)cc1S. The van der Waals surface area contributed by atoms with Crippen LogP contribution in [0.25, 0.3) is 0 Å². The summed E-state index contributed by atoms with van der Waals surface area (Å²) in [6, 6.07) is 3.66. The highest BCUT2D eigenvalue weighted by atomic mass is 32.1. The summed E-state index contributed by atoms with van der Waals surface area (Å²) < 4.78 is 4.62. The maximum atomic E-state index is 11.2. The van der Waals surface area contributed by atoms with E-state index in [1.807, 2.05) is 19.9 Å². The summed E-state index contributed by atoms with van der Waals surface area (Å²) in [5, 5.41) is 0. The zero-order valence-corrected chi connectivity index (χ0v) is 8.81. The van der Waals surface area contributed by atoms with Gasteiger partial charge < -0.3 is 4.74 Å². The van der Waals surface area contributed by atoms with Gasteiger partial charge in [-0.1, -0.05) is 0 Å². The van der Waals surface area contributed by atoms with Crippen molar-refractivity contribution < 1.29 is 9.53 Å². The molecule has 0 amide bonds. The number of carbonyl (C=O) groups is 1. The molecule has 0 saturated heterocycles. The van der Waals surface area contributed by atoms with Crippen LogP contribution < -0.4 is 0 Å². The molecule has 0 aliphatic carbocycles. The van der Waals surface area contributed by atoms with Gasteiger partial charge in [-0.25, -0.2) is 4.79 Å². The number of carbonyl (C=O) groups excluding carboxylic acids is 1. The highest BCUT2D eigenvalue weighted by Gasteiger charge is 2.10. The van der Waals surface area contributed by atoms with Gasteiger partial charge in [0.15, 0.2) is 0 Å². The molecule has 0 aliphatic heterocycles. The minimum absolute atomic E-state index is 0.340. The Labute approximate surface area is 83.3 Å². The second kappa shape index (κ2) is 3.83. The molecule has 0 atom stereocenters. The van der Waals surface area contributed by atoms with E-state index in [1.165, 1.54) is 7.11 Å². The Bertz CT molecular complexity index is 345. The zero-order valence-electron chi connectivity index (χ0n) is 7.92. The van der Waals surface area contributed by atoms with Gasteiger partial charge in [0.05, 0.1) is 12.7 Å². The Hall–Kier alpha value is -0.960. The van der Waals surface area contributed by atoms with E-state index < -0.39 is 0 Å². The Morgan fingerprint density at radius 3 is 2.38 bits per heavy atom. The molecule has 13 heavy (non-hydrogen) atoms. The standard InChI is InChI=1S/C10H12O2S/c1-6-4-8(10(11)12-3)9(13)5-7(6)2/h4-5,13H,1-3H3. The van der Waals surface area contributed by atoms with E-state index in [9.17, 15) is 4.79 Å². The number of benzene rings is 1. The fourth-order valence-corrected chi connectivity index (χ4v) is 1.42. The van der Waals surface area contributed by atoms with Gasteiger partial charge in [0.1, 0.15) is 0 Å². The average Bonchev–Trinajstić information content (AvgIpc) is 2.10. The van der Waals surface area contributed by atoms with Crippen LogP contribution in [-0.2, 0) is 4.74 Å². The summed E-state index contributed by atoms with van der Waals surface area (Å²) in [5.41, 5.74) is 2.71. The Kier molecular flexibility index (Phi) is 2.98. The van der Waals surface area contributed by atoms with Crippen molar-refractivity contribution >= 4 is 18.6 Å². The fraction of sp³-hybridized carbons (Fsp3) is 0.300. The number of methoxy groups -OCH3 is 1. The van der Waals surface area contributed by atoms with Gasteiger partial charge in [-0.15, -0.1) is 12.6 Å². The number of esters is 1. The molecule has 1 aromatic carbocycles. The molecule has 0 aromatic heterocycles. The van der Waals surface area contributed by atoms with E-state index in [0.717, 1.165) is 11.1 Å². The molecule has 0 bridgehead atoms. The molecule has 0 unspecified atom stereocenters. The first-order chi connectivity index (χ1) is 6.06. The van der Waals surface area contributed by atoms with Crippen molar-refractivity contribution in [2.45, 2.75) is 18.7 Å². The third-order valence-electron chi connectivity index (χ3n) is 2.02. The summed E-state index contributed by atoms with van der Waals surface area (Å²) in [6.45, 7) is 3.94. The van der Waals surface area contributed by atoms with Crippen molar-refractivity contribution in [2.75, 3.05) is 7.11 Å². The summed E-state index contributed by atoms with van der Waals surface area (Å²) in [5.74, 6) is -0.340. The molecule has 0 heterocycles. The molecular weight excluding hydrogens is 184 g/mol. The number of ether oxygens (including phenoxy) is 1. The normalized spacial score (nSPS) is 9.85. The lowest BCUT2D eigenvalue weighted by atomic mass is 10.1. The van der Waals surface area contributed by atoms with Crippen LogP contribution >= 0.6 is 12.6 Å². The topological polar surface area (TPSA) is 26.3 Å². The first-order valence-corrected chi connectivity index (χ1v) is 4.39. The number of thiol groups is 1. The van der Waals surface area contributed by atoms with E-state index in [-0.39, 0.29) is 5.97 Å². The second-order valence-electron chi connectivity index (χ2n) is 2.95. The molecule has 1 rings (SSSR count). The average molecular weight is 196 g/mol. The van der Waals surface area contributed by atoms with Crippen molar-refractivity contribution in [3.8, 4) is 0 Å². The van der Waals surface area contributed by atoms with Crippen molar-refractivity contribution in [2.24, 2.45) is 0 Å². The molecule has 0 aliphatic rings. The lowest BCUT2D eigenvalue weighted by Gasteiger charge is -2.06. The van der Waals surface area contributed by atoms with Crippen LogP contribution in [-0.4, -0.2) is 13.1 Å². The zero-order chi connectivity index (χ0) is 10.0. The number of hydrogen-bond donors (Lipinski definition) is 1. The highest BCUT2D eigenvalue weighted by molar-refractivity contribution is 7.80. The second-order valence-corrected chi connectivity index (χ2v) is 3.43. The van der Waals surface area contributed by atoms with Gasteiger partial charge >= 0.3 is 5.97 Å². The molecular formula is C10H12O2S. The Balaban J connectivity index is 3.23. The first-order valence-electron chi connectivity index (χ1n) is 3.94. The van der Waals surface area contributed by atoms with Crippen LogP contribution in [0.3, 0.4) is 0 Å². The molecule has 0 fully saturated rings. The van der Waals surface area contributed by atoms with Crippen molar-refractivity contribution in [1.82, 2.24) is 0 Å². The van der Waals surface area contributed by atoms with Crippen LogP contribution in [0, 0.1) is 13.8 Å². The van der Waals surface area contributed by atoms with E-state index >= 15 is 0 Å². The molecule has 0 saturated carbocycles. The summed E-state index contributed by atoms with van der Waals surface area (Å²) in [4.78, 5) is 11.9. The summed E-state index contributed by atoms with van der Waals surface area (Å²) in [7, 11) is 1.37. The predicted molar refractivity (Wildman–Crippen MR) is 54.5 cm³/mol. The van der Waals surface area contributed by atoms with E-state index in [1.54, 1.807) is 6.07 Å². The number of rotatable bonds is 1. The van der Waals surface area contributed by atoms with E-state index in [4.69, 9.17) is 0 Å². The first kappa shape index (κ1) is 10.1. The molecule has 0 radical (unpaired) electrons. The largest absolute Gasteiger partial charge is 0.465 e. The minimum Gasteiger partial charge on any atom is -0.465 e. The van der Waals surface area contributed by atoms with Crippen molar-refractivity contribution in [3.63, 3.8) is 0 Å². The lowest BCUT2D eigenvalue weighted by Crippen LogP contribution is -2.03. The maximum Gasteiger partial charge on any atom is 0.338 e. The van der Waals surface area contributed by atoms with Crippen LogP contribution in [0.5, 0.6) is 0 Å². The fourth-order valence-electron chi connectivity index (χ4n) is 1.07. The molecule has 0 N–H and O–H groups in total. The Morgan fingerprint density at radius 1 is 1.31 bits per heavy atom. The van der Waals surface area contributed by atoms with Gasteiger partial charge in [0.2, 0.25) is 0 Å². The maximum absolute atomic E-state index is 11.2. The van der Waals surface area contributed by atoms with Crippen LogP contribution in [0.1, 0.15) is 21.5 Å². The van der Waals surface area contributed by atoms with Crippen LogP contribution in [0.2, 0.25) is 0 Å². The molecule has 2 nitrogen and oxygen atoms in total. The van der Waals surface area contributed by atoms with Gasteiger partial charge in [-0.3, -0.25) is 0 Å². The van der Waals surface area contributed by atoms with Crippen LogP contribution in [0.15, 0.2) is 17.0 Å². The number of hydrogen-bond acceptors (Lipinski definition) is 3. The summed E-state index contributed by atoms with van der Waals surface area (Å²) >= 11 is 4.21. The van der Waals surface area contributed by atoms with Crippen molar-refractivity contribution in [1.29, 1.82) is 0 Å². The van der Waals surface area contributed by atoms with Gasteiger partial charge in [-0.05, 0) is 37.1 Å². The molecule has 1 aromatic rings. The van der Waals surface area contributed by atoms with E-state index in [2.05, 4.69) is 17.4 Å². The monoisotopic (exact) mass is 196 g/mol. The number of aryl methyl sites for hydroxylation is 2. The van der Waals surface area contributed by atoms with Crippen molar-refractivity contribution in [3.05, 3.63) is 28.8 Å². The molecule has 70 valence electrons. The molecule has 3 heteroatoms. The van der Waals surface area contributed by atoms with Gasteiger partial charge in [0.25, 0.3) is 0 Å². The minimum atomic E-state index is -0.340. The predicted octanol–water partition coefficient (Wildman–Crippen LogP) is 2.38. The van der Waals surface area contributed by atoms with Crippen LogP contribution in [0.4, 0.5) is 0 Å². The smallest absolute Gasteiger partial charge is 0.338 e. The lowest BCUT2D eigenvalue weighted by molar-refractivity contribution is 0.0597. The van der Waals surface area contributed by atoms with Gasteiger partial charge in [0, 0.05) is 4.90 Å². The molecule has 0 spiro atoms. The third-order valence-corrected chi connectivity index (χ3v) is 2.39. The third kappa shape index (κ3) is 2.04. The summed E-state index contributed by atoms with van der Waals surface area (Å²) in [6.07, 6.45) is 0. The highest BCUT2D eigenvalue weighted by Crippen LogP contribution is 2.19. The van der Waals surface area contributed by atoms with E-state index in [0.29, 0.717) is 10.5 Å². The quantitative estimate of drug-likeness (QED) is 0.551. The van der Waals surface area contributed by atoms with Gasteiger partial charge in [-0.2, -0.15) is 0 Å².